The zero-order valence-corrected chi connectivity index (χ0v) is 7.75. The van der Waals surface area contributed by atoms with Crippen LogP contribution in [0, 0.1) is 0 Å². The molecule has 0 aromatic heterocycles. The van der Waals surface area contributed by atoms with Gasteiger partial charge in [0.05, 0.1) is 13.0 Å². The first-order chi connectivity index (χ1) is 6.22. The average molecular weight is 186 g/mol. The molecule has 0 radical (unpaired) electrons. The van der Waals surface area contributed by atoms with Crippen molar-refractivity contribution >= 4 is 11.9 Å². The van der Waals surface area contributed by atoms with Gasteiger partial charge in [-0.05, 0) is 6.42 Å². The second-order valence-corrected chi connectivity index (χ2v) is 3.08. The molecule has 1 aliphatic heterocycles. The van der Waals surface area contributed by atoms with Crippen molar-refractivity contribution in [2.75, 3.05) is 6.61 Å². The van der Waals surface area contributed by atoms with Gasteiger partial charge in [0.25, 0.3) is 0 Å². The average Bonchev–Trinajstić information content (AvgIpc) is 2.01. The highest BCUT2D eigenvalue weighted by atomic mass is 16.6. The van der Waals surface area contributed by atoms with Crippen molar-refractivity contribution < 1.29 is 19.1 Å². The lowest BCUT2D eigenvalue weighted by Crippen LogP contribution is -2.33. The minimum atomic E-state index is -0.173. The normalized spacial score (nSPS) is 20.4. The molecule has 1 unspecified atom stereocenters. The van der Waals surface area contributed by atoms with Crippen LogP contribution in [-0.4, -0.2) is 24.6 Å². The second kappa shape index (κ2) is 4.84. The van der Waals surface area contributed by atoms with E-state index in [0.717, 1.165) is 6.42 Å². The Hall–Kier alpha value is -1.06. The third-order valence-electron chi connectivity index (χ3n) is 1.85. The molecule has 1 fully saturated rings. The van der Waals surface area contributed by atoms with Crippen molar-refractivity contribution in [3.63, 3.8) is 0 Å². The first-order valence-electron chi connectivity index (χ1n) is 4.57. The summed E-state index contributed by atoms with van der Waals surface area (Å²) in [5.74, 6) is -0.335. The van der Waals surface area contributed by atoms with Crippen LogP contribution >= 0.6 is 0 Å². The summed E-state index contributed by atoms with van der Waals surface area (Å²) >= 11 is 0. The summed E-state index contributed by atoms with van der Waals surface area (Å²) in [6, 6.07) is 0. The zero-order valence-electron chi connectivity index (χ0n) is 7.75. The summed E-state index contributed by atoms with van der Waals surface area (Å²) in [5.41, 5.74) is 0. The lowest BCUT2D eigenvalue weighted by molar-refractivity contribution is -0.171. The molecule has 1 rings (SSSR count). The van der Waals surface area contributed by atoms with Gasteiger partial charge in [-0.1, -0.05) is 6.92 Å². The van der Waals surface area contributed by atoms with Gasteiger partial charge >= 0.3 is 11.9 Å². The van der Waals surface area contributed by atoms with Crippen LogP contribution in [0.5, 0.6) is 0 Å². The van der Waals surface area contributed by atoms with E-state index in [0.29, 0.717) is 25.9 Å². The van der Waals surface area contributed by atoms with Gasteiger partial charge in [-0.25, -0.2) is 0 Å². The summed E-state index contributed by atoms with van der Waals surface area (Å²) < 4.78 is 9.64. The summed E-state index contributed by atoms with van der Waals surface area (Å²) in [6.45, 7) is 2.28. The number of carbonyl (C=O) groups excluding carboxylic acids is 2. The molecule has 0 bridgehead atoms. The van der Waals surface area contributed by atoms with Crippen molar-refractivity contribution in [1.82, 2.24) is 0 Å². The van der Waals surface area contributed by atoms with E-state index in [9.17, 15) is 9.59 Å². The standard InChI is InChI=1S/C9H14O4/c1-2-3-8(10)12-5-4-7-6-9(11)13-7/h7H,2-6H2,1H3. The summed E-state index contributed by atoms with van der Waals surface area (Å²) in [5, 5.41) is 0. The molecule has 0 aliphatic carbocycles. The number of carbonyl (C=O) groups is 2. The minimum Gasteiger partial charge on any atom is -0.466 e. The number of ether oxygens (including phenoxy) is 2. The van der Waals surface area contributed by atoms with Gasteiger partial charge in [-0.15, -0.1) is 0 Å². The van der Waals surface area contributed by atoms with E-state index < -0.39 is 0 Å². The van der Waals surface area contributed by atoms with Crippen molar-refractivity contribution in [2.45, 2.75) is 38.7 Å². The van der Waals surface area contributed by atoms with Gasteiger partial charge in [0, 0.05) is 12.8 Å². The van der Waals surface area contributed by atoms with Gasteiger partial charge in [0.2, 0.25) is 0 Å². The van der Waals surface area contributed by atoms with Crippen molar-refractivity contribution in [1.29, 1.82) is 0 Å². The number of hydrogen-bond donors (Lipinski definition) is 0. The third kappa shape index (κ3) is 3.44. The molecule has 4 nitrogen and oxygen atoms in total. The second-order valence-electron chi connectivity index (χ2n) is 3.08. The molecule has 0 aromatic carbocycles. The quantitative estimate of drug-likeness (QED) is 0.602. The SMILES string of the molecule is CCCC(=O)OCCC1CC(=O)O1. The Bertz CT molecular complexity index is 192. The summed E-state index contributed by atoms with van der Waals surface area (Å²) in [4.78, 5) is 21.2. The zero-order chi connectivity index (χ0) is 9.68. The fourth-order valence-electron chi connectivity index (χ4n) is 1.10. The molecule has 4 heteroatoms. The lowest BCUT2D eigenvalue weighted by atomic mass is 10.1. The van der Waals surface area contributed by atoms with Crippen LogP contribution in [0.2, 0.25) is 0 Å². The molecule has 1 saturated heterocycles. The highest BCUT2D eigenvalue weighted by Gasteiger charge is 2.27. The van der Waals surface area contributed by atoms with Crippen LogP contribution in [-0.2, 0) is 19.1 Å². The van der Waals surface area contributed by atoms with Gasteiger partial charge in [0.15, 0.2) is 0 Å². The molecule has 0 saturated carbocycles. The Labute approximate surface area is 77.2 Å². The lowest BCUT2D eigenvalue weighted by Gasteiger charge is -2.24. The fraction of sp³-hybridized carbons (Fsp3) is 0.778. The molecule has 0 N–H and O–H groups in total. The van der Waals surface area contributed by atoms with Crippen LogP contribution in [0.15, 0.2) is 0 Å². The molecular formula is C9H14O4. The molecule has 0 aromatic rings. The Morgan fingerprint density at radius 1 is 1.69 bits per heavy atom. The first kappa shape index (κ1) is 10.0. The van der Waals surface area contributed by atoms with Crippen LogP contribution in [0.4, 0.5) is 0 Å². The molecule has 1 atom stereocenters. The van der Waals surface area contributed by atoms with Crippen LogP contribution in [0.3, 0.4) is 0 Å². The van der Waals surface area contributed by atoms with Crippen LogP contribution in [0.1, 0.15) is 32.6 Å². The Balaban J connectivity index is 1.95. The van der Waals surface area contributed by atoms with Crippen molar-refractivity contribution in [2.24, 2.45) is 0 Å². The Morgan fingerprint density at radius 3 is 2.92 bits per heavy atom. The minimum absolute atomic E-state index is 0.0260. The maximum Gasteiger partial charge on any atom is 0.309 e. The van der Waals surface area contributed by atoms with Gasteiger partial charge in [-0.3, -0.25) is 9.59 Å². The predicted molar refractivity (Wildman–Crippen MR) is 45.0 cm³/mol. The number of hydrogen-bond acceptors (Lipinski definition) is 4. The van der Waals surface area contributed by atoms with E-state index in [1.165, 1.54) is 0 Å². The van der Waals surface area contributed by atoms with Crippen molar-refractivity contribution in [3.8, 4) is 0 Å². The first-order valence-corrected chi connectivity index (χ1v) is 4.57. The van der Waals surface area contributed by atoms with Crippen LogP contribution < -0.4 is 0 Å². The maximum atomic E-state index is 10.9. The van der Waals surface area contributed by atoms with E-state index in [1.807, 2.05) is 6.92 Å². The Kier molecular flexibility index (Phi) is 3.73. The Morgan fingerprint density at radius 2 is 2.38 bits per heavy atom. The molecule has 0 amide bonds. The van der Waals surface area contributed by atoms with Crippen molar-refractivity contribution in [3.05, 3.63) is 0 Å². The highest BCUT2D eigenvalue weighted by molar-refractivity contribution is 5.75. The van der Waals surface area contributed by atoms with E-state index in [2.05, 4.69) is 0 Å². The summed E-state index contributed by atoms with van der Waals surface area (Å²) in [6.07, 6.45) is 2.33. The van der Waals surface area contributed by atoms with E-state index in [1.54, 1.807) is 0 Å². The largest absolute Gasteiger partial charge is 0.466 e. The van der Waals surface area contributed by atoms with Gasteiger partial charge < -0.3 is 9.47 Å². The molecule has 1 aliphatic rings. The fourth-order valence-corrected chi connectivity index (χ4v) is 1.10. The molecule has 1 heterocycles. The number of esters is 2. The molecular weight excluding hydrogens is 172 g/mol. The maximum absolute atomic E-state index is 10.9. The third-order valence-corrected chi connectivity index (χ3v) is 1.85. The van der Waals surface area contributed by atoms with Gasteiger partial charge in [-0.2, -0.15) is 0 Å². The van der Waals surface area contributed by atoms with Crippen LogP contribution in [0.25, 0.3) is 0 Å². The number of cyclic esters (lactones) is 1. The molecule has 0 spiro atoms. The topological polar surface area (TPSA) is 52.6 Å². The molecule has 74 valence electrons. The predicted octanol–water partition coefficient (Wildman–Crippen LogP) is 1.04. The molecule has 13 heavy (non-hydrogen) atoms. The van der Waals surface area contributed by atoms with E-state index in [-0.39, 0.29) is 18.0 Å². The van der Waals surface area contributed by atoms with Gasteiger partial charge in [0.1, 0.15) is 6.10 Å². The highest BCUT2D eigenvalue weighted by Crippen LogP contribution is 2.16. The van der Waals surface area contributed by atoms with E-state index in [4.69, 9.17) is 9.47 Å². The van der Waals surface area contributed by atoms with E-state index >= 15 is 0 Å². The summed E-state index contributed by atoms with van der Waals surface area (Å²) in [7, 11) is 0. The number of rotatable bonds is 5. The smallest absolute Gasteiger partial charge is 0.309 e. The monoisotopic (exact) mass is 186 g/mol.